The largest absolute Gasteiger partial charge is 0.493 e. The van der Waals surface area contributed by atoms with Crippen molar-refractivity contribution in [1.29, 1.82) is 0 Å². The quantitative estimate of drug-likeness (QED) is 0.361. The predicted octanol–water partition coefficient (Wildman–Crippen LogP) is 2.70. The molecule has 7 heteroatoms. The summed E-state index contributed by atoms with van der Waals surface area (Å²) in [6.45, 7) is 2.98. The number of carbonyl (C=O) groups is 2. The molecular formula is C14H12BrNO5. The lowest BCUT2D eigenvalue weighted by Crippen LogP contribution is -2.04. The molecule has 0 aromatic heterocycles. The molecular weight excluding hydrogens is 342 g/mol. The van der Waals surface area contributed by atoms with Crippen LogP contribution in [0, 0.1) is 0 Å². The molecule has 1 heterocycles. The molecule has 0 bridgehead atoms. The van der Waals surface area contributed by atoms with E-state index in [1.54, 1.807) is 25.1 Å². The molecule has 2 rings (SSSR count). The fourth-order valence-electron chi connectivity index (χ4n) is 1.75. The van der Waals surface area contributed by atoms with Gasteiger partial charge in [-0.1, -0.05) is 5.16 Å². The van der Waals surface area contributed by atoms with Gasteiger partial charge >= 0.3 is 11.9 Å². The van der Waals surface area contributed by atoms with Crippen LogP contribution in [0.3, 0.4) is 0 Å². The van der Waals surface area contributed by atoms with Gasteiger partial charge < -0.3 is 14.3 Å². The molecule has 1 aromatic carbocycles. The maximum absolute atomic E-state index is 11.5. The number of oxime groups is 1. The van der Waals surface area contributed by atoms with Gasteiger partial charge in [0.1, 0.15) is 0 Å². The molecule has 0 saturated carbocycles. The van der Waals surface area contributed by atoms with E-state index in [2.05, 4.69) is 25.9 Å². The van der Waals surface area contributed by atoms with Gasteiger partial charge in [-0.3, -0.25) is 4.79 Å². The lowest BCUT2D eigenvalue weighted by Gasteiger charge is -2.11. The zero-order valence-electron chi connectivity index (χ0n) is 11.6. The van der Waals surface area contributed by atoms with E-state index in [1.807, 2.05) is 0 Å². The van der Waals surface area contributed by atoms with E-state index >= 15 is 0 Å². The summed E-state index contributed by atoms with van der Waals surface area (Å²) in [4.78, 5) is 27.2. The van der Waals surface area contributed by atoms with Crippen molar-refractivity contribution >= 4 is 39.7 Å². The summed E-state index contributed by atoms with van der Waals surface area (Å²) in [6.07, 6.45) is 1.62. The number of ether oxygens (including phenoxy) is 2. The van der Waals surface area contributed by atoms with Crippen LogP contribution in [-0.4, -0.2) is 24.8 Å². The molecule has 0 unspecified atom stereocenters. The second-order valence-corrected chi connectivity index (χ2v) is 5.10. The monoisotopic (exact) mass is 353 g/mol. The lowest BCUT2D eigenvalue weighted by molar-refractivity contribution is -0.136. The van der Waals surface area contributed by atoms with Crippen LogP contribution in [0.1, 0.15) is 19.4 Å². The molecule has 1 aliphatic rings. The Morgan fingerprint density at radius 3 is 2.67 bits per heavy atom. The number of halogens is 1. The zero-order valence-corrected chi connectivity index (χ0v) is 13.2. The molecule has 1 aromatic rings. The number of esters is 1. The molecule has 0 N–H and O–H groups in total. The molecule has 0 atom stereocenters. The molecule has 0 saturated heterocycles. The van der Waals surface area contributed by atoms with Crippen molar-refractivity contribution in [2.75, 3.05) is 7.11 Å². The summed E-state index contributed by atoms with van der Waals surface area (Å²) in [5.41, 5.74) is 1.54. The van der Waals surface area contributed by atoms with Gasteiger partial charge in [-0.2, -0.15) is 0 Å². The van der Waals surface area contributed by atoms with E-state index < -0.39 is 11.9 Å². The Kier molecular flexibility index (Phi) is 4.42. The van der Waals surface area contributed by atoms with Gasteiger partial charge in [-0.05, 0) is 46.6 Å². The van der Waals surface area contributed by atoms with E-state index in [1.165, 1.54) is 14.0 Å². The molecule has 1 aliphatic heterocycles. The molecule has 21 heavy (non-hydrogen) atoms. The van der Waals surface area contributed by atoms with Gasteiger partial charge in [-0.25, -0.2) is 4.79 Å². The average molecular weight is 354 g/mol. The topological polar surface area (TPSA) is 74.2 Å². The highest BCUT2D eigenvalue weighted by atomic mass is 79.9. The van der Waals surface area contributed by atoms with E-state index in [-0.39, 0.29) is 5.75 Å². The first-order chi connectivity index (χ1) is 9.92. The van der Waals surface area contributed by atoms with Crippen molar-refractivity contribution in [2.24, 2.45) is 5.16 Å². The third-order valence-corrected chi connectivity index (χ3v) is 3.27. The standard InChI is InChI=1S/C14H12BrNO5/c1-7-10(14(18)21-16-7)4-9-5-11(15)13(20-8(2)17)12(6-9)19-3/h4-6H,1-3H3. The van der Waals surface area contributed by atoms with E-state index in [9.17, 15) is 9.59 Å². The van der Waals surface area contributed by atoms with Gasteiger partial charge in [-0.15, -0.1) is 0 Å². The second kappa shape index (κ2) is 6.09. The van der Waals surface area contributed by atoms with Crippen molar-refractivity contribution in [3.05, 3.63) is 27.7 Å². The number of hydrogen-bond donors (Lipinski definition) is 0. The number of benzene rings is 1. The first kappa shape index (κ1) is 15.2. The van der Waals surface area contributed by atoms with Crippen molar-refractivity contribution in [3.8, 4) is 11.5 Å². The minimum absolute atomic E-state index is 0.284. The maximum Gasteiger partial charge on any atom is 0.367 e. The van der Waals surface area contributed by atoms with Crippen LogP contribution < -0.4 is 9.47 Å². The molecule has 0 spiro atoms. The first-order valence-electron chi connectivity index (χ1n) is 5.96. The van der Waals surface area contributed by atoms with Gasteiger partial charge in [0.05, 0.1) is 22.9 Å². The normalized spacial score (nSPS) is 15.7. The SMILES string of the molecule is COc1cc(C=C2C(=O)ON=C2C)cc(Br)c1OC(C)=O. The molecule has 110 valence electrons. The minimum atomic E-state index is -0.508. The summed E-state index contributed by atoms with van der Waals surface area (Å²) in [7, 11) is 1.46. The van der Waals surface area contributed by atoms with E-state index in [0.717, 1.165) is 0 Å². The van der Waals surface area contributed by atoms with Crippen molar-refractivity contribution in [1.82, 2.24) is 0 Å². The summed E-state index contributed by atoms with van der Waals surface area (Å²) < 4.78 is 10.8. The highest BCUT2D eigenvalue weighted by Crippen LogP contribution is 2.37. The molecule has 6 nitrogen and oxygen atoms in total. The second-order valence-electron chi connectivity index (χ2n) is 4.24. The number of methoxy groups -OCH3 is 1. The Morgan fingerprint density at radius 1 is 1.43 bits per heavy atom. The van der Waals surface area contributed by atoms with Gasteiger partial charge in [0, 0.05) is 6.92 Å². The summed E-state index contributed by atoms with van der Waals surface area (Å²) in [5, 5.41) is 3.60. The Bertz CT molecular complexity index is 678. The highest BCUT2D eigenvalue weighted by Gasteiger charge is 2.22. The summed E-state index contributed by atoms with van der Waals surface area (Å²) in [6, 6.07) is 3.35. The third-order valence-electron chi connectivity index (χ3n) is 2.68. The van der Waals surface area contributed by atoms with Crippen LogP contribution in [0.4, 0.5) is 0 Å². The van der Waals surface area contributed by atoms with E-state index in [0.29, 0.717) is 27.1 Å². The number of carbonyl (C=O) groups excluding carboxylic acids is 2. The Labute approximate surface area is 129 Å². The van der Waals surface area contributed by atoms with Gasteiger partial charge in [0.25, 0.3) is 0 Å². The van der Waals surface area contributed by atoms with Crippen LogP contribution in [0.5, 0.6) is 11.5 Å². The molecule has 0 fully saturated rings. The average Bonchev–Trinajstić information content (AvgIpc) is 2.73. The maximum atomic E-state index is 11.5. The lowest BCUT2D eigenvalue weighted by atomic mass is 10.1. The Hall–Kier alpha value is -2.15. The Balaban J connectivity index is 2.46. The van der Waals surface area contributed by atoms with Crippen LogP contribution in [0.15, 0.2) is 27.3 Å². The zero-order chi connectivity index (χ0) is 15.6. The minimum Gasteiger partial charge on any atom is -0.493 e. The van der Waals surface area contributed by atoms with Crippen LogP contribution in [-0.2, 0) is 14.4 Å². The number of hydrogen-bond acceptors (Lipinski definition) is 6. The van der Waals surface area contributed by atoms with Crippen LogP contribution in [0.25, 0.3) is 6.08 Å². The first-order valence-corrected chi connectivity index (χ1v) is 6.75. The Morgan fingerprint density at radius 2 is 2.14 bits per heavy atom. The van der Waals surface area contributed by atoms with Crippen molar-refractivity contribution in [2.45, 2.75) is 13.8 Å². The molecule has 0 amide bonds. The van der Waals surface area contributed by atoms with Crippen LogP contribution in [0.2, 0.25) is 0 Å². The summed E-state index contributed by atoms with van der Waals surface area (Å²) in [5.74, 6) is -0.312. The fraction of sp³-hybridized carbons (Fsp3) is 0.214. The molecule has 0 radical (unpaired) electrons. The fourth-order valence-corrected chi connectivity index (χ4v) is 2.29. The number of rotatable bonds is 3. The van der Waals surface area contributed by atoms with Gasteiger partial charge in [0.15, 0.2) is 11.5 Å². The molecule has 0 aliphatic carbocycles. The number of nitrogens with zero attached hydrogens (tertiary/aromatic N) is 1. The van der Waals surface area contributed by atoms with Crippen molar-refractivity contribution < 1.29 is 23.9 Å². The third kappa shape index (κ3) is 3.30. The van der Waals surface area contributed by atoms with Crippen molar-refractivity contribution in [3.63, 3.8) is 0 Å². The van der Waals surface area contributed by atoms with E-state index in [4.69, 9.17) is 9.47 Å². The van der Waals surface area contributed by atoms with Crippen LogP contribution >= 0.6 is 15.9 Å². The summed E-state index contributed by atoms with van der Waals surface area (Å²) >= 11 is 3.31. The highest BCUT2D eigenvalue weighted by molar-refractivity contribution is 9.10. The predicted molar refractivity (Wildman–Crippen MR) is 79.2 cm³/mol. The smallest absolute Gasteiger partial charge is 0.367 e. The van der Waals surface area contributed by atoms with Gasteiger partial charge in [0.2, 0.25) is 0 Å².